The van der Waals surface area contributed by atoms with Crippen LogP contribution in [0.4, 0.5) is 5.69 Å². The van der Waals surface area contributed by atoms with Crippen LogP contribution in [-0.4, -0.2) is 12.6 Å². The van der Waals surface area contributed by atoms with E-state index in [1.807, 2.05) is 0 Å². The van der Waals surface area contributed by atoms with Gasteiger partial charge in [0.2, 0.25) is 0 Å². The first-order chi connectivity index (χ1) is 10.3. The maximum absolute atomic E-state index is 6.07. The maximum atomic E-state index is 6.07. The van der Waals surface area contributed by atoms with Crippen LogP contribution >= 0.6 is 0 Å². The van der Waals surface area contributed by atoms with Crippen molar-refractivity contribution in [3.8, 4) is 0 Å². The van der Waals surface area contributed by atoms with Crippen LogP contribution in [0.15, 0.2) is 34.7 Å². The molecule has 3 nitrogen and oxygen atoms in total. The zero-order valence-corrected chi connectivity index (χ0v) is 12.6. The molecule has 1 N–H and O–H groups in total. The molecule has 0 amide bonds. The molecule has 0 saturated heterocycles. The van der Waals surface area contributed by atoms with Crippen LogP contribution in [0.25, 0.3) is 0 Å². The van der Waals surface area contributed by atoms with Gasteiger partial charge in [0.05, 0.1) is 13.1 Å². The summed E-state index contributed by atoms with van der Waals surface area (Å²) in [5.74, 6) is 2.18. The van der Waals surface area contributed by atoms with E-state index >= 15 is 0 Å². The Kier molecular flexibility index (Phi) is 3.23. The van der Waals surface area contributed by atoms with E-state index < -0.39 is 0 Å². The number of fused-ring (bicyclic) bond motifs is 1. The number of nitrogens with one attached hydrogen (secondary N) is 1. The first-order valence-corrected chi connectivity index (χ1v) is 7.94. The summed E-state index contributed by atoms with van der Waals surface area (Å²) in [4.78, 5) is 2.42. The standard InChI is InChI=1S/C18H22N2O/c1-13-10-16(21-18(13)11-19-15-6-7-15)12-20-9-8-14-4-2-3-5-17(14)20/h2-5,10,15,19H,6-9,11-12H2,1H3. The summed E-state index contributed by atoms with van der Waals surface area (Å²) < 4.78 is 6.07. The van der Waals surface area contributed by atoms with Gasteiger partial charge in [-0.05, 0) is 49.4 Å². The molecule has 110 valence electrons. The van der Waals surface area contributed by atoms with Gasteiger partial charge in [0.15, 0.2) is 0 Å². The van der Waals surface area contributed by atoms with E-state index in [-0.39, 0.29) is 0 Å². The van der Waals surface area contributed by atoms with Crippen molar-refractivity contribution in [3.63, 3.8) is 0 Å². The van der Waals surface area contributed by atoms with E-state index in [4.69, 9.17) is 4.42 Å². The summed E-state index contributed by atoms with van der Waals surface area (Å²) >= 11 is 0. The zero-order valence-electron chi connectivity index (χ0n) is 12.6. The lowest BCUT2D eigenvalue weighted by Gasteiger charge is -2.17. The summed E-state index contributed by atoms with van der Waals surface area (Å²) in [5, 5.41) is 3.53. The third-order valence-electron chi connectivity index (χ3n) is 4.53. The molecule has 1 saturated carbocycles. The van der Waals surface area contributed by atoms with Gasteiger partial charge in [0.25, 0.3) is 0 Å². The van der Waals surface area contributed by atoms with E-state index in [1.165, 1.54) is 29.7 Å². The van der Waals surface area contributed by atoms with Gasteiger partial charge < -0.3 is 14.6 Å². The fraction of sp³-hybridized carbons (Fsp3) is 0.444. The van der Waals surface area contributed by atoms with Gasteiger partial charge in [-0.3, -0.25) is 0 Å². The highest BCUT2D eigenvalue weighted by molar-refractivity contribution is 5.57. The van der Waals surface area contributed by atoms with Crippen LogP contribution in [0.5, 0.6) is 0 Å². The van der Waals surface area contributed by atoms with Gasteiger partial charge in [-0.2, -0.15) is 0 Å². The fourth-order valence-electron chi connectivity index (χ4n) is 3.13. The van der Waals surface area contributed by atoms with Gasteiger partial charge >= 0.3 is 0 Å². The van der Waals surface area contributed by atoms with Crippen molar-refractivity contribution in [2.45, 2.75) is 45.3 Å². The summed E-state index contributed by atoms with van der Waals surface area (Å²) in [6.07, 6.45) is 3.78. The molecule has 2 aliphatic rings. The van der Waals surface area contributed by atoms with Crippen LogP contribution in [-0.2, 0) is 19.5 Å². The Morgan fingerprint density at radius 1 is 1.29 bits per heavy atom. The smallest absolute Gasteiger partial charge is 0.123 e. The highest BCUT2D eigenvalue weighted by Gasteiger charge is 2.22. The van der Waals surface area contributed by atoms with Gasteiger partial charge in [0.1, 0.15) is 11.5 Å². The van der Waals surface area contributed by atoms with Crippen molar-refractivity contribution in [1.29, 1.82) is 0 Å². The molecule has 0 unspecified atom stereocenters. The molecule has 0 radical (unpaired) electrons. The molecular weight excluding hydrogens is 260 g/mol. The summed E-state index contributed by atoms with van der Waals surface area (Å²) in [6, 6.07) is 11.6. The highest BCUT2D eigenvalue weighted by Crippen LogP contribution is 2.29. The minimum absolute atomic E-state index is 0.725. The first-order valence-electron chi connectivity index (χ1n) is 7.94. The van der Waals surface area contributed by atoms with Crippen molar-refractivity contribution in [2.24, 2.45) is 0 Å². The topological polar surface area (TPSA) is 28.4 Å². The molecule has 1 fully saturated rings. The van der Waals surface area contributed by atoms with Crippen molar-refractivity contribution in [3.05, 3.63) is 53.0 Å². The van der Waals surface area contributed by atoms with Gasteiger partial charge in [-0.1, -0.05) is 18.2 Å². The van der Waals surface area contributed by atoms with Crippen LogP contribution in [0, 0.1) is 6.92 Å². The van der Waals surface area contributed by atoms with Crippen LogP contribution < -0.4 is 10.2 Å². The number of nitrogens with zero attached hydrogens (tertiary/aromatic N) is 1. The average molecular weight is 282 g/mol. The largest absolute Gasteiger partial charge is 0.463 e. The highest BCUT2D eigenvalue weighted by atomic mass is 16.3. The van der Waals surface area contributed by atoms with Crippen LogP contribution in [0.2, 0.25) is 0 Å². The Morgan fingerprint density at radius 2 is 2.14 bits per heavy atom. The van der Waals surface area contributed by atoms with E-state index in [2.05, 4.69) is 47.5 Å². The molecule has 0 bridgehead atoms. The Balaban J connectivity index is 1.46. The lowest BCUT2D eigenvalue weighted by atomic mass is 10.2. The number of hydrogen-bond acceptors (Lipinski definition) is 3. The molecule has 2 heterocycles. The number of anilines is 1. The second-order valence-corrected chi connectivity index (χ2v) is 6.27. The minimum atomic E-state index is 0.725. The Morgan fingerprint density at radius 3 is 3.00 bits per heavy atom. The quantitative estimate of drug-likeness (QED) is 0.911. The molecule has 0 atom stereocenters. The Hall–Kier alpha value is -1.74. The van der Waals surface area contributed by atoms with Gasteiger partial charge in [-0.15, -0.1) is 0 Å². The molecule has 21 heavy (non-hydrogen) atoms. The lowest BCUT2D eigenvalue weighted by molar-refractivity contribution is 0.441. The average Bonchev–Trinajstić information content (AvgIpc) is 3.14. The second-order valence-electron chi connectivity index (χ2n) is 6.27. The number of hydrogen-bond donors (Lipinski definition) is 1. The first kappa shape index (κ1) is 13.0. The Labute approximate surface area is 126 Å². The Bertz CT molecular complexity index is 642. The summed E-state index contributed by atoms with van der Waals surface area (Å²) in [6.45, 7) is 4.98. The fourth-order valence-corrected chi connectivity index (χ4v) is 3.13. The molecule has 2 aromatic rings. The van der Waals surface area contributed by atoms with Crippen LogP contribution in [0.3, 0.4) is 0 Å². The van der Waals surface area contributed by atoms with Crippen molar-refractivity contribution >= 4 is 5.69 Å². The predicted octanol–water partition coefficient (Wildman–Crippen LogP) is 3.40. The molecule has 1 aromatic carbocycles. The van der Waals surface area contributed by atoms with Crippen molar-refractivity contribution in [1.82, 2.24) is 5.32 Å². The number of rotatable bonds is 5. The molecule has 1 aliphatic carbocycles. The monoisotopic (exact) mass is 282 g/mol. The normalized spacial score (nSPS) is 17.3. The number of benzene rings is 1. The second kappa shape index (κ2) is 5.23. The summed E-state index contributed by atoms with van der Waals surface area (Å²) in [7, 11) is 0. The van der Waals surface area contributed by atoms with Crippen molar-refractivity contribution in [2.75, 3.05) is 11.4 Å². The third kappa shape index (κ3) is 2.70. The molecule has 4 rings (SSSR count). The molecule has 0 spiro atoms. The molecule has 1 aromatic heterocycles. The van der Waals surface area contributed by atoms with Crippen LogP contribution in [0.1, 0.15) is 35.5 Å². The van der Waals surface area contributed by atoms with E-state index in [1.54, 1.807) is 0 Å². The third-order valence-corrected chi connectivity index (χ3v) is 4.53. The molecule has 1 aliphatic heterocycles. The summed E-state index contributed by atoms with van der Waals surface area (Å²) in [5.41, 5.74) is 4.09. The minimum Gasteiger partial charge on any atom is -0.463 e. The molecular formula is C18H22N2O. The lowest BCUT2D eigenvalue weighted by Crippen LogP contribution is -2.19. The van der Waals surface area contributed by atoms with Gasteiger partial charge in [0, 0.05) is 18.3 Å². The van der Waals surface area contributed by atoms with E-state index in [0.717, 1.165) is 43.6 Å². The van der Waals surface area contributed by atoms with E-state index in [0.29, 0.717) is 0 Å². The predicted molar refractivity (Wildman–Crippen MR) is 84.5 cm³/mol. The SMILES string of the molecule is Cc1cc(CN2CCc3ccccc32)oc1CNC1CC1. The zero-order chi connectivity index (χ0) is 14.2. The number of para-hydroxylation sites is 1. The van der Waals surface area contributed by atoms with Crippen molar-refractivity contribution < 1.29 is 4.42 Å². The molecule has 3 heteroatoms. The van der Waals surface area contributed by atoms with E-state index in [9.17, 15) is 0 Å². The number of furan rings is 1. The van der Waals surface area contributed by atoms with Gasteiger partial charge in [-0.25, -0.2) is 0 Å². The number of aryl methyl sites for hydroxylation is 1. The maximum Gasteiger partial charge on any atom is 0.123 e.